The molecule has 2 aliphatic rings. The molecule has 0 saturated carbocycles. The summed E-state index contributed by atoms with van der Waals surface area (Å²) < 4.78 is 1.72. The number of rotatable bonds is 5. The molecule has 2 saturated heterocycles. The highest BCUT2D eigenvalue weighted by Crippen LogP contribution is 2.20. The second-order valence-corrected chi connectivity index (χ2v) is 9.10. The van der Waals surface area contributed by atoms with E-state index in [-0.39, 0.29) is 29.9 Å². The van der Waals surface area contributed by atoms with Gasteiger partial charge in [-0.15, -0.1) is 35.3 Å². The van der Waals surface area contributed by atoms with Crippen molar-refractivity contribution < 1.29 is 4.79 Å². The second-order valence-electron chi connectivity index (χ2n) is 8.07. The Bertz CT molecular complexity index is 861. The number of anilines is 1. The molecule has 10 heteroatoms. The molecule has 0 radical (unpaired) electrons. The number of hydrogen-bond donors (Lipinski definition) is 1. The molecule has 0 unspecified atom stereocenters. The number of halogens is 1. The lowest BCUT2D eigenvalue weighted by atomic mass is 9.97. The summed E-state index contributed by atoms with van der Waals surface area (Å²) in [6.45, 7) is 6.02. The van der Waals surface area contributed by atoms with Crippen LogP contribution in [0.3, 0.4) is 0 Å². The van der Waals surface area contributed by atoms with Crippen LogP contribution in [0, 0.1) is 5.92 Å². The third kappa shape index (κ3) is 6.19. The van der Waals surface area contributed by atoms with Crippen molar-refractivity contribution in [2.45, 2.75) is 19.4 Å². The number of aromatic nitrogens is 2. The molecular formula is C21H32IN7OS. The Hall–Kier alpha value is -1.66. The number of hydrogen-bond acceptors (Lipinski definition) is 5. The van der Waals surface area contributed by atoms with Gasteiger partial charge < -0.3 is 15.1 Å². The molecule has 0 aromatic carbocycles. The lowest BCUT2D eigenvalue weighted by Crippen LogP contribution is -2.56. The lowest BCUT2D eigenvalue weighted by Gasteiger charge is -2.36. The third-order valence-electron chi connectivity index (χ3n) is 5.95. The molecule has 2 aromatic heterocycles. The first-order chi connectivity index (χ1) is 14.6. The van der Waals surface area contributed by atoms with Crippen LogP contribution in [0.15, 0.2) is 34.9 Å². The summed E-state index contributed by atoms with van der Waals surface area (Å²) in [5, 5.41) is 9.85. The van der Waals surface area contributed by atoms with Crippen LogP contribution in [0.4, 0.5) is 5.69 Å². The summed E-state index contributed by atoms with van der Waals surface area (Å²) >= 11 is 1.84. The second kappa shape index (κ2) is 11.3. The largest absolute Gasteiger partial charge is 0.356 e. The first kappa shape index (κ1) is 24.0. The maximum absolute atomic E-state index is 12.7. The number of carbonyl (C=O) groups excluding carboxylic acids is 1. The topological polar surface area (TPSA) is 69.0 Å². The number of nitrogens with zero attached hydrogens (tertiary/aromatic N) is 6. The zero-order valence-corrected chi connectivity index (χ0v) is 21.4. The Morgan fingerprint density at radius 3 is 2.71 bits per heavy atom. The predicted octanol–water partition coefficient (Wildman–Crippen LogP) is 2.24. The fourth-order valence-electron chi connectivity index (χ4n) is 4.21. The van der Waals surface area contributed by atoms with Gasteiger partial charge in [-0.3, -0.25) is 19.4 Å². The van der Waals surface area contributed by atoms with Gasteiger partial charge in [0.25, 0.3) is 0 Å². The van der Waals surface area contributed by atoms with E-state index in [2.05, 4.69) is 42.7 Å². The molecule has 1 N–H and O–H groups in total. The normalized spacial score (nSPS) is 18.9. The van der Waals surface area contributed by atoms with Crippen molar-refractivity contribution in [2.24, 2.45) is 18.0 Å². The highest BCUT2D eigenvalue weighted by atomic mass is 127. The molecule has 2 aromatic rings. The monoisotopic (exact) mass is 557 g/mol. The first-order valence-electron chi connectivity index (χ1n) is 10.6. The van der Waals surface area contributed by atoms with E-state index in [1.807, 2.05) is 24.6 Å². The summed E-state index contributed by atoms with van der Waals surface area (Å²) in [6, 6.07) is 4.35. The van der Waals surface area contributed by atoms with E-state index < -0.39 is 0 Å². The molecule has 0 aliphatic carbocycles. The summed E-state index contributed by atoms with van der Waals surface area (Å²) in [5.41, 5.74) is 0.861. The molecular weight excluding hydrogens is 525 g/mol. The van der Waals surface area contributed by atoms with Gasteiger partial charge in [0.15, 0.2) is 5.96 Å². The minimum Gasteiger partial charge on any atom is -0.356 e. The number of amides is 1. The molecule has 4 rings (SSSR count). The molecule has 1 amide bonds. The number of nitrogens with one attached hydrogen (secondary N) is 1. The predicted molar refractivity (Wildman–Crippen MR) is 136 cm³/mol. The van der Waals surface area contributed by atoms with Gasteiger partial charge in [0.1, 0.15) is 6.54 Å². The summed E-state index contributed by atoms with van der Waals surface area (Å²) in [4.78, 5) is 25.0. The standard InChI is InChI=1S/C21H31N7OS.HI/c1-22-21(27-9-10-28(20(29)16-27)18-13-24-25(2)14-18)23-12-17-5-7-26(8-6-17)15-19-4-3-11-30-19;/h3-4,11,13-14,17H,5-10,12,15-16H2,1-2H3,(H,22,23);1H. The van der Waals surface area contributed by atoms with Gasteiger partial charge in [0.2, 0.25) is 5.91 Å². The zero-order valence-electron chi connectivity index (χ0n) is 18.2. The van der Waals surface area contributed by atoms with Gasteiger partial charge in [-0.05, 0) is 43.3 Å². The maximum atomic E-state index is 12.7. The van der Waals surface area contributed by atoms with Crippen LogP contribution in [0.2, 0.25) is 0 Å². The lowest BCUT2D eigenvalue weighted by molar-refractivity contribution is -0.120. The Morgan fingerprint density at radius 1 is 1.29 bits per heavy atom. The smallest absolute Gasteiger partial charge is 0.246 e. The van der Waals surface area contributed by atoms with Crippen LogP contribution in [0.25, 0.3) is 0 Å². The van der Waals surface area contributed by atoms with E-state index in [1.165, 1.54) is 17.7 Å². The number of likely N-dealkylation sites (tertiary alicyclic amines) is 1. The molecule has 2 fully saturated rings. The van der Waals surface area contributed by atoms with Crippen LogP contribution in [0.5, 0.6) is 0 Å². The van der Waals surface area contributed by atoms with Crippen LogP contribution in [-0.4, -0.2) is 77.8 Å². The molecule has 170 valence electrons. The number of carbonyl (C=O) groups is 1. The van der Waals surface area contributed by atoms with Gasteiger partial charge in [-0.1, -0.05) is 6.07 Å². The van der Waals surface area contributed by atoms with Crippen molar-refractivity contribution in [1.82, 2.24) is 24.9 Å². The van der Waals surface area contributed by atoms with Crippen LogP contribution in [0.1, 0.15) is 17.7 Å². The van der Waals surface area contributed by atoms with Crippen molar-refractivity contribution in [3.63, 3.8) is 0 Å². The van der Waals surface area contributed by atoms with Crippen molar-refractivity contribution in [3.05, 3.63) is 34.8 Å². The molecule has 2 aliphatic heterocycles. The SMILES string of the molecule is CN=C(NCC1CCN(Cc2cccs2)CC1)N1CCN(c2cnn(C)c2)C(=O)C1.I. The minimum atomic E-state index is 0. The van der Waals surface area contributed by atoms with Gasteiger partial charge in [-0.2, -0.15) is 5.10 Å². The number of piperidine rings is 1. The Balaban J connectivity index is 0.00000272. The van der Waals surface area contributed by atoms with E-state index in [9.17, 15) is 4.79 Å². The van der Waals surface area contributed by atoms with Crippen molar-refractivity contribution in [1.29, 1.82) is 0 Å². The van der Waals surface area contributed by atoms with Crippen LogP contribution < -0.4 is 10.2 Å². The van der Waals surface area contributed by atoms with Crippen LogP contribution >= 0.6 is 35.3 Å². The van der Waals surface area contributed by atoms with Crippen molar-refractivity contribution in [3.8, 4) is 0 Å². The molecule has 4 heterocycles. The van der Waals surface area contributed by atoms with Gasteiger partial charge in [0.05, 0.1) is 11.9 Å². The summed E-state index contributed by atoms with van der Waals surface area (Å²) in [6.07, 6.45) is 6.02. The Morgan fingerprint density at radius 2 is 2.10 bits per heavy atom. The number of aliphatic imine (C=N–C) groups is 1. The van der Waals surface area contributed by atoms with E-state index >= 15 is 0 Å². The fourth-order valence-corrected chi connectivity index (χ4v) is 4.96. The average molecular weight is 558 g/mol. The number of guanidine groups is 1. The first-order valence-corrected chi connectivity index (χ1v) is 11.5. The fraction of sp³-hybridized carbons (Fsp3) is 0.571. The Kier molecular flexibility index (Phi) is 8.73. The summed E-state index contributed by atoms with van der Waals surface area (Å²) in [7, 11) is 3.66. The molecule has 0 spiro atoms. The van der Waals surface area contributed by atoms with Crippen LogP contribution in [-0.2, 0) is 18.4 Å². The van der Waals surface area contributed by atoms with E-state index in [0.29, 0.717) is 19.0 Å². The maximum Gasteiger partial charge on any atom is 0.246 e. The van der Waals surface area contributed by atoms with E-state index in [1.54, 1.807) is 22.8 Å². The highest BCUT2D eigenvalue weighted by Gasteiger charge is 2.28. The van der Waals surface area contributed by atoms with E-state index in [0.717, 1.165) is 44.4 Å². The average Bonchev–Trinajstić information content (AvgIpc) is 3.41. The van der Waals surface area contributed by atoms with E-state index in [4.69, 9.17) is 0 Å². The summed E-state index contributed by atoms with van der Waals surface area (Å²) in [5.74, 6) is 1.56. The molecule has 31 heavy (non-hydrogen) atoms. The Labute approximate surface area is 205 Å². The van der Waals surface area contributed by atoms with Crippen molar-refractivity contribution in [2.75, 3.05) is 51.2 Å². The zero-order chi connectivity index (χ0) is 20.9. The highest BCUT2D eigenvalue weighted by molar-refractivity contribution is 14.0. The third-order valence-corrected chi connectivity index (χ3v) is 6.81. The molecule has 0 atom stereocenters. The molecule has 0 bridgehead atoms. The molecule has 8 nitrogen and oxygen atoms in total. The minimum absolute atomic E-state index is 0. The number of aryl methyl sites for hydroxylation is 1. The number of thiophene rings is 1. The van der Waals surface area contributed by atoms with Crippen molar-refractivity contribution >= 4 is 52.9 Å². The number of piperazine rings is 1. The van der Waals surface area contributed by atoms with Gasteiger partial charge >= 0.3 is 0 Å². The quantitative estimate of drug-likeness (QED) is 0.347. The van der Waals surface area contributed by atoms with Gasteiger partial charge in [-0.25, -0.2) is 0 Å². The van der Waals surface area contributed by atoms with Gasteiger partial charge in [0, 0.05) is 51.3 Å².